The van der Waals surface area contributed by atoms with Gasteiger partial charge in [-0.2, -0.15) is 13.2 Å². The smallest absolute Gasteiger partial charge is 0.419 e. The molecule has 3 rings (SSSR count). The van der Waals surface area contributed by atoms with Gasteiger partial charge in [-0.25, -0.2) is 9.97 Å². The van der Waals surface area contributed by atoms with Gasteiger partial charge in [-0.3, -0.25) is 4.79 Å². The Kier molecular flexibility index (Phi) is 10.9. The number of ether oxygens (including phenoxy) is 2. The molecule has 8 nitrogen and oxygen atoms in total. The molecular weight excluding hydrogens is 511 g/mol. The van der Waals surface area contributed by atoms with Crippen LogP contribution in [-0.4, -0.2) is 49.8 Å². The molecule has 0 radical (unpaired) electrons. The average Bonchev–Trinajstić information content (AvgIpc) is 2.89. The van der Waals surface area contributed by atoms with Crippen LogP contribution in [0.4, 0.5) is 24.8 Å². The highest BCUT2D eigenvalue weighted by Crippen LogP contribution is 2.38. The quantitative estimate of drug-likeness (QED) is 0.338. The van der Waals surface area contributed by atoms with Crippen LogP contribution in [0.2, 0.25) is 0 Å². The molecule has 0 bridgehead atoms. The van der Waals surface area contributed by atoms with Crippen LogP contribution in [0.15, 0.2) is 24.4 Å². The van der Waals surface area contributed by atoms with Crippen molar-refractivity contribution < 1.29 is 27.4 Å². The molecule has 1 fully saturated rings. The van der Waals surface area contributed by atoms with Crippen molar-refractivity contribution in [2.24, 2.45) is 17.8 Å². The zero-order valence-electron chi connectivity index (χ0n) is 23.3. The monoisotopic (exact) mass is 551 g/mol. The number of alkyl halides is 3. The van der Waals surface area contributed by atoms with Crippen LogP contribution in [0.1, 0.15) is 56.4 Å². The number of methoxy groups -OCH3 is 2. The first-order valence-electron chi connectivity index (χ1n) is 13.4. The number of anilines is 2. The van der Waals surface area contributed by atoms with Gasteiger partial charge in [0, 0.05) is 25.9 Å². The van der Waals surface area contributed by atoms with Crippen LogP contribution in [0, 0.1) is 17.8 Å². The third-order valence-corrected chi connectivity index (χ3v) is 7.60. The molecule has 1 aliphatic carbocycles. The van der Waals surface area contributed by atoms with E-state index in [0.29, 0.717) is 18.0 Å². The zero-order valence-corrected chi connectivity index (χ0v) is 23.3. The number of aromatic nitrogens is 2. The van der Waals surface area contributed by atoms with Gasteiger partial charge >= 0.3 is 6.18 Å². The summed E-state index contributed by atoms with van der Waals surface area (Å²) in [6.45, 7) is 4.64. The zero-order chi connectivity index (χ0) is 28.6. The summed E-state index contributed by atoms with van der Waals surface area (Å²) in [6.07, 6.45) is 0.192. The molecule has 1 aromatic carbocycles. The van der Waals surface area contributed by atoms with Crippen LogP contribution in [0.3, 0.4) is 0 Å². The Hall–Kier alpha value is -2.92. The van der Waals surface area contributed by atoms with Gasteiger partial charge in [0.15, 0.2) is 0 Å². The number of amides is 1. The van der Waals surface area contributed by atoms with E-state index in [2.05, 4.69) is 32.8 Å². The number of carbonyl (C=O) groups excluding carboxylic acids is 1. The number of nitrogens with zero attached hydrogens (tertiary/aromatic N) is 2. The highest BCUT2D eigenvalue weighted by Gasteiger charge is 2.37. The van der Waals surface area contributed by atoms with Crippen molar-refractivity contribution in [1.82, 2.24) is 20.6 Å². The standard InChI is InChI=1S/C28H40F3N5O3/c1-17(18(2)20-8-6-7-9-22(20)34-26(37)16-38-4)12-24-21(28(29,30)31)15-33-27(36-24)35-23-11-10-19(14-32-3)13-25(23)39-5/h10-11,13,15,17-18,20,22,32H,6-9,12,14,16H2,1-5H3,(H,34,37)(H,33,35,36). The van der Waals surface area contributed by atoms with Gasteiger partial charge in [-0.15, -0.1) is 0 Å². The predicted molar refractivity (Wildman–Crippen MR) is 144 cm³/mol. The molecule has 11 heteroatoms. The fraction of sp³-hybridized carbons (Fsp3) is 0.607. The Morgan fingerprint density at radius 1 is 1.18 bits per heavy atom. The first kappa shape index (κ1) is 30.6. The van der Waals surface area contributed by atoms with Crippen LogP contribution in [0.5, 0.6) is 5.75 Å². The minimum Gasteiger partial charge on any atom is -0.495 e. The van der Waals surface area contributed by atoms with Crippen LogP contribution in [0.25, 0.3) is 0 Å². The molecular formula is C28H40F3N5O3. The first-order valence-corrected chi connectivity index (χ1v) is 13.4. The van der Waals surface area contributed by atoms with E-state index in [9.17, 15) is 18.0 Å². The van der Waals surface area contributed by atoms with Gasteiger partial charge in [0.05, 0.1) is 24.1 Å². The largest absolute Gasteiger partial charge is 0.495 e. The molecule has 0 saturated heterocycles. The van der Waals surface area contributed by atoms with E-state index in [0.717, 1.165) is 37.4 Å². The van der Waals surface area contributed by atoms with Gasteiger partial charge in [0.1, 0.15) is 12.4 Å². The molecule has 2 aromatic rings. The van der Waals surface area contributed by atoms with Crippen LogP contribution in [-0.2, 0) is 28.7 Å². The van der Waals surface area contributed by atoms with Crippen molar-refractivity contribution in [1.29, 1.82) is 0 Å². The molecule has 3 N–H and O–H groups in total. The van der Waals surface area contributed by atoms with Crippen molar-refractivity contribution in [2.45, 2.75) is 64.7 Å². The summed E-state index contributed by atoms with van der Waals surface area (Å²) < 4.78 is 52.2. The Morgan fingerprint density at radius 3 is 2.59 bits per heavy atom. The molecule has 1 aliphatic rings. The number of hydrogen-bond donors (Lipinski definition) is 3. The van der Waals surface area contributed by atoms with Crippen molar-refractivity contribution in [2.75, 3.05) is 33.2 Å². The second kappa shape index (κ2) is 13.9. The molecule has 1 aromatic heterocycles. The summed E-state index contributed by atoms with van der Waals surface area (Å²) in [5.41, 5.74) is 0.662. The molecule has 0 aliphatic heterocycles. The predicted octanol–water partition coefficient (Wildman–Crippen LogP) is 5.10. The summed E-state index contributed by atoms with van der Waals surface area (Å²) in [5.74, 6) is 0.534. The lowest BCUT2D eigenvalue weighted by atomic mass is 9.71. The van der Waals surface area contributed by atoms with Crippen LogP contribution < -0.4 is 20.7 Å². The van der Waals surface area contributed by atoms with Gasteiger partial charge in [-0.1, -0.05) is 32.8 Å². The fourth-order valence-electron chi connectivity index (χ4n) is 5.40. The Balaban J connectivity index is 1.83. The molecule has 4 atom stereocenters. The Morgan fingerprint density at radius 2 is 1.92 bits per heavy atom. The minimum atomic E-state index is -4.58. The number of carbonyl (C=O) groups is 1. The van der Waals surface area contributed by atoms with Gasteiger partial charge in [-0.05, 0) is 61.8 Å². The third kappa shape index (κ3) is 8.28. The second-order valence-electron chi connectivity index (χ2n) is 10.3. The number of nitrogens with one attached hydrogen (secondary N) is 3. The van der Waals surface area contributed by atoms with Crippen molar-refractivity contribution in [3.8, 4) is 5.75 Å². The van der Waals surface area contributed by atoms with E-state index in [1.54, 1.807) is 6.07 Å². The topological polar surface area (TPSA) is 97.4 Å². The average molecular weight is 552 g/mol. The molecule has 216 valence electrons. The maximum atomic E-state index is 13.9. The summed E-state index contributed by atoms with van der Waals surface area (Å²) in [4.78, 5) is 20.5. The maximum Gasteiger partial charge on any atom is 0.419 e. The summed E-state index contributed by atoms with van der Waals surface area (Å²) >= 11 is 0. The molecule has 1 amide bonds. The summed E-state index contributed by atoms with van der Waals surface area (Å²) in [5, 5.41) is 9.16. The van der Waals surface area contributed by atoms with Crippen molar-refractivity contribution in [3.05, 3.63) is 41.2 Å². The summed E-state index contributed by atoms with van der Waals surface area (Å²) in [6, 6.07) is 5.50. The number of benzene rings is 1. The van der Waals surface area contributed by atoms with E-state index in [1.807, 2.05) is 26.1 Å². The Labute approximate surface area is 228 Å². The lowest BCUT2D eigenvalue weighted by Gasteiger charge is -2.38. The molecule has 1 saturated carbocycles. The maximum absolute atomic E-state index is 13.9. The van der Waals surface area contributed by atoms with E-state index < -0.39 is 11.7 Å². The molecule has 0 spiro atoms. The minimum absolute atomic E-state index is 0.0121. The van der Waals surface area contributed by atoms with E-state index in [-0.39, 0.29) is 54.4 Å². The third-order valence-electron chi connectivity index (χ3n) is 7.60. The van der Waals surface area contributed by atoms with Gasteiger partial charge in [0.25, 0.3) is 0 Å². The van der Waals surface area contributed by atoms with E-state index in [4.69, 9.17) is 9.47 Å². The van der Waals surface area contributed by atoms with Crippen molar-refractivity contribution >= 4 is 17.5 Å². The van der Waals surface area contributed by atoms with E-state index in [1.165, 1.54) is 14.2 Å². The molecule has 39 heavy (non-hydrogen) atoms. The first-order chi connectivity index (χ1) is 18.6. The highest BCUT2D eigenvalue weighted by molar-refractivity contribution is 5.77. The molecule has 1 heterocycles. The van der Waals surface area contributed by atoms with Crippen LogP contribution >= 0.6 is 0 Å². The molecule has 4 unspecified atom stereocenters. The summed E-state index contributed by atoms with van der Waals surface area (Å²) in [7, 11) is 4.84. The number of rotatable bonds is 12. The SMILES string of the molecule is CNCc1ccc(Nc2ncc(C(F)(F)F)c(CC(C)C(C)C3CCCCC3NC(=O)COC)n2)c(OC)c1. The van der Waals surface area contributed by atoms with Gasteiger partial charge in [0.2, 0.25) is 11.9 Å². The Bertz CT molecular complexity index is 1100. The number of hydrogen-bond acceptors (Lipinski definition) is 7. The van der Waals surface area contributed by atoms with Gasteiger partial charge < -0.3 is 25.4 Å². The fourth-order valence-corrected chi connectivity index (χ4v) is 5.40. The lowest BCUT2D eigenvalue weighted by molar-refractivity contribution is -0.138. The normalized spacial score (nSPS) is 19.3. The second-order valence-corrected chi connectivity index (χ2v) is 10.3. The lowest BCUT2D eigenvalue weighted by Crippen LogP contribution is -2.46. The number of halogens is 3. The highest BCUT2D eigenvalue weighted by atomic mass is 19.4. The van der Waals surface area contributed by atoms with E-state index >= 15 is 0 Å². The van der Waals surface area contributed by atoms with Crippen molar-refractivity contribution in [3.63, 3.8) is 0 Å².